The Labute approximate surface area is 86.0 Å². The van der Waals surface area contributed by atoms with E-state index in [-0.39, 0.29) is 6.10 Å². The molecule has 3 heteroatoms. The Morgan fingerprint density at radius 1 is 1.29 bits per heavy atom. The van der Waals surface area contributed by atoms with Crippen molar-refractivity contribution in [1.82, 2.24) is 0 Å². The molecule has 2 aliphatic rings. The summed E-state index contributed by atoms with van der Waals surface area (Å²) in [7, 11) is 4.27. The Morgan fingerprint density at radius 3 is 2.64 bits per heavy atom. The van der Waals surface area contributed by atoms with E-state index in [2.05, 4.69) is 21.0 Å². The molecule has 0 aromatic rings. The summed E-state index contributed by atoms with van der Waals surface area (Å²) in [5.41, 5.74) is 0. The zero-order chi connectivity index (χ0) is 10.3. The molecule has 82 valence electrons. The molecule has 0 aromatic carbocycles. The molecule has 0 amide bonds. The van der Waals surface area contributed by atoms with E-state index in [1.807, 2.05) is 0 Å². The Hall–Kier alpha value is -0.120. The Morgan fingerprint density at radius 2 is 2.00 bits per heavy atom. The van der Waals surface area contributed by atoms with Crippen LogP contribution in [0.4, 0.5) is 0 Å². The van der Waals surface area contributed by atoms with Gasteiger partial charge in [0.15, 0.2) is 0 Å². The molecule has 0 radical (unpaired) electrons. The summed E-state index contributed by atoms with van der Waals surface area (Å²) < 4.78 is 5.52. The second-order valence-corrected chi connectivity index (χ2v) is 5.23. The van der Waals surface area contributed by atoms with E-state index < -0.39 is 0 Å². The molecule has 0 bridgehead atoms. The Bertz CT molecular complexity index is 205. The number of hydrogen-bond acceptors (Lipinski definition) is 2. The third kappa shape index (κ3) is 1.58. The number of hydrogen-bond donors (Lipinski definition) is 2. The lowest BCUT2D eigenvalue weighted by Gasteiger charge is -2.40. The first-order valence-electron chi connectivity index (χ1n) is 5.67. The summed E-state index contributed by atoms with van der Waals surface area (Å²) in [5.74, 6) is 1.69. The molecule has 1 aliphatic heterocycles. The normalized spacial score (nSPS) is 48.2. The second-order valence-electron chi connectivity index (χ2n) is 5.23. The van der Waals surface area contributed by atoms with Crippen molar-refractivity contribution in [2.24, 2.45) is 17.8 Å². The molecular weight excluding hydrogens is 178 g/mol. The number of likely N-dealkylation sites (N-methyl/N-ethyl adjacent to an activating group) is 1. The average Bonchev–Trinajstić information content (AvgIpc) is 2.58. The van der Waals surface area contributed by atoms with Gasteiger partial charge in [-0.25, -0.2) is 0 Å². The van der Waals surface area contributed by atoms with Gasteiger partial charge in [-0.2, -0.15) is 0 Å². The van der Waals surface area contributed by atoms with Gasteiger partial charge < -0.3 is 14.7 Å². The quantitative estimate of drug-likeness (QED) is 0.579. The van der Waals surface area contributed by atoms with Gasteiger partial charge in [-0.15, -0.1) is 0 Å². The van der Waals surface area contributed by atoms with E-state index in [1.165, 1.54) is 4.90 Å². The van der Waals surface area contributed by atoms with Gasteiger partial charge in [0, 0.05) is 13.0 Å². The van der Waals surface area contributed by atoms with Crippen molar-refractivity contribution in [3.63, 3.8) is 0 Å². The standard InChI is InChI=1S/C11H21NO2/c1-7-9-6-14-5-8(9)4-10(11(7)13)12(2)3/h7-11,13H,4-6H2,1-3H3/p+1/t7-,8-,9-,10-,11+/m0/s1. The van der Waals surface area contributed by atoms with E-state index in [0.29, 0.717) is 23.8 Å². The van der Waals surface area contributed by atoms with Crippen molar-refractivity contribution in [2.75, 3.05) is 27.3 Å². The van der Waals surface area contributed by atoms with Gasteiger partial charge in [-0.3, -0.25) is 0 Å². The number of ether oxygens (including phenoxy) is 1. The van der Waals surface area contributed by atoms with E-state index in [1.54, 1.807) is 0 Å². The molecule has 1 heterocycles. The van der Waals surface area contributed by atoms with Crippen LogP contribution in [0.25, 0.3) is 0 Å². The van der Waals surface area contributed by atoms with Crippen LogP contribution in [0.1, 0.15) is 13.3 Å². The SMILES string of the molecule is C[C@@H]1[C@@H](O)[C@@H]([NH+](C)C)C[C@H]2COC[C@H]21. The molecule has 0 aromatic heterocycles. The van der Waals surface area contributed by atoms with Crippen LogP contribution in [-0.4, -0.2) is 44.6 Å². The van der Waals surface area contributed by atoms with Crippen LogP contribution in [0.3, 0.4) is 0 Å². The summed E-state index contributed by atoms with van der Waals surface area (Å²) in [6.07, 6.45) is 0.973. The Balaban J connectivity index is 2.11. The predicted molar refractivity (Wildman–Crippen MR) is 54.2 cm³/mol. The second kappa shape index (κ2) is 3.80. The largest absolute Gasteiger partial charge is 0.387 e. The van der Waals surface area contributed by atoms with Gasteiger partial charge in [-0.1, -0.05) is 6.92 Å². The first-order chi connectivity index (χ1) is 6.61. The molecular formula is C11H22NO2+. The molecule has 14 heavy (non-hydrogen) atoms. The fourth-order valence-electron chi connectivity index (χ4n) is 3.10. The summed E-state index contributed by atoms with van der Waals surface area (Å²) in [4.78, 5) is 1.37. The molecule has 0 unspecified atom stereocenters. The van der Waals surface area contributed by atoms with Crippen molar-refractivity contribution in [1.29, 1.82) is 0 Å². The lowest BCUT2D eigenvalue weighted by atomic mass is 9.70. The van der Waals surface area contributed by atoms with Crippen LogP contribution in [0.2, 0.25) is 0 Å². The van der Waals surface area contributed by atoms with E-state index >= 15 is 0 Å². The smallest absolute Gasteiger partial charge is 0.114 e. The van der Waals surface area contributed by atoms with E-state index in [4.69, 9.17) is 4.74 Å². The van der Waals surface area contributed by atoms with Crippen molar-refractivity contribution >= 4 is 0 Å². The number of aliphatic hydroxyl groups is 1. The van der Waals surface area contributed by atoms with Gasteiger partial charge in [0.1, 0.15) is 12.1 Å². The minimum Gasteiger partial charge on any atom is -0.387 e. The third-order valence-corrected chi connectivity index (χ3v) is 4.17. The van der Waals surface area contributed by atoms with E-state index in [9.17, 15) is 5.11 Å². The number of fused-ring (bicyclic) bond motifs is 1. The zero-order valence-corrected chi connectivity index (χ0v) is 9.36. The molecule has 0 spiro atoms. The lowest BCUT2D eigenvalue weighted by Crippen LogP contribution is -3.12. The summed E-state index contributed by atoms with van der Waals surface area (Å²) >= 11 is 0. The van der Waals surface area contributed by atoms with Crippen LogP contribution < -0.4 is 4.90 Å². The number of rotatable bonds is 1. The minimum atomic E-state index is -0.150. The molecule has 1 aliphatic carbocycles. The molecule has 5 atom stereocenters. The molecule has 1 saturated heterocycles. The highest BCUT2D eigenvalue weighted by Crippen LogP contribution is 2.38. The predicted octanol–water partition coefficient (Wildman–Crippen LogP) is -0.837. The Kier molecular flexibility index (Phi) is 2.82. The first kappa shape index (κ1) is 10.4. The zero-order valence-electron chi connectivity index (χ0n) is 9.36. The highest BCUT2D eigenvalue weighted by atomic mass is 16.5. The van der Waals surface area contributed by atoms with Crippen molar-refractivity contribution in [3.05, 3.63) is 0 Å². The van der Waals surface area contributed by atoms with Crippen LogP contribution in [0, 0.1) is 17.8 Å². The van der Waals surface area contributed by atoms with Crippen molar-refractivity contribution in [3.8, 4) is 0 Å². The van der Waals surface area contributed by atoms with Crippen molar-refractivity contribution < 1.29 is 14.7 Å². The first-order valence-corrected chi connectivity index (χ1v) is 5.67. The fourth-order valence-corrected chi connectivity index (χ4v) is 3.10. The summed E-state index contributed by atoms with van der Waals surface area (Å²) in [6, 6.07) is 0.396. The highest BCUT2D eigenvalue weighted by molar-refractivity contribution is 4.92. The van der Waals surface area contributed by atoms with Gasteiger partial charge in [0.05, 0.1) is 20.7 Å². The molecule has 2 rings (SSSR count). The van der Waals surface area contributed by atoms with Gasteiger partial charge in [0.25, 0.3) is 0 Å². The lowest BCUT2D eigenvalue weighted by molar-refractivity contribution is -0.892. The molecule has 2 N–H and O–H groups in total. The van der Waals surface area contributed by atoms with Gasteiger partial charge in [0.2, 0.25) is 0 Å². The summed E-state index contributed by atoms with van der Waals surface area (Å²) in [6.45, 7) is 3.94. The highest BCUT2D eigenvalue weighted by Gasteiger charge is 2.46. The topological polar surface area (TPSA) is 33.9 Å². The third-order valence-electron chi connectivity index (χ3n) is 4.17. The molecule has 1 saturated carbocycles. The van der Waals surface area contributed by atoms with Crippen molar-refractivity contribution in [2.45, 2.75) is 25.5 Å². The maximum Gasteiger partial charge on any atom is 0.114 e. The summed E-state index contributed by atoms with van der Waals surface area (Å²) in [5, 5.41) is 10.2. The minimum absolute atomic E-state index is 0.150. The van der Waals surface area contributed by atoms with E-state index in [0.717, 1.165) is 19.6 Å². The maximum atomic E-state index is 10.2. The number of quaternary nitrogens is 1. The number of aliphatic hydroxyl groups excluding tert-OH is 1. The number of nitrogens with one attached hydrogen (secondary N) is 1. The maximum absolute atomic E-state index is 10.2. The fraction of sp³-hybridized carbons (Fsp3) is 1.00. The average molecular weight is 200 g/mol. The van der Waals surface area contributed by atoms with Gasteiger partial charge >= 0.3 is 0 Å². The molecule has 3 nitrogen and oxygen atoms in total. The van der Waals surface area contributed by atoms with Crippen LogP contribution in [0.15, 0.2) is 0 Å². The van der Waals surface area contributed by atoms with Crippen LogP contribution >= 0.6 is 0 Å². The monoisotopic (exact) mass is 200 g/mol. The van der Waals surface area contributed by atoms with Gasteiger partial charge in [-0.05, 0) is 17.8 Å². The van der Waals surface area contributed by atoms with Crippen LogP contribution in [-0.2, 0) is 4.74 Å². The molecule has 2 fully saturated rings. The van der Waals surface area contributed by atoms with Crippen LogP contribution in [0.5, 0.6) is 0 Å².